The molecule has 10 nitrogen and oxygen atoms in total. The first kappa shape index (κ1) is 29.4. The van der Waals surface area contributed by atoms with Crippen LogP contribution >= 0.6 is 23.4 Å². The number of carbonyl (C=O) groups is 4. The molecule has 2 aromatic rings. The van der Waals surface area contributed by atoms with E-state index < -0.39 is 29.6 Å². The Balaban J connectivity index is 1.49. The van der Waals surface area contributed by atoms with Gasteiger partial charge < -0.3 is 26.4 Å². The number of nitrogens with two attached hydrogens (primary N) is 1. The average Bonchev–Trinajstić information content (AvgIpc) is 2.92. The van der Waals surface area contributed by atoms with Gasteiger partial charge in [-0.3, -0.25) is 24.1 Å². The molecule has 204 valence electrons. The molecule has 0 aliphatic carbocycles. The number of carboxylic acid groups (broad SMARTS) is 1. The van der Waals surface area contributed by atoms with Crippen molar-refractivity contribution in [3.05, 3.63) is 64.7 Å². The van der Waals surface area contributed by atoms with Gasteiger partial charge in [0.2, 0.25) is 11.8 Å². The lowest BCUT2D eigenvalue weighted by molar-refractivity contribution is -0.138. The Morgan fingerprint density at radius 1 is 0.974 bits per heavy atom. The van der Waals surface area contributed by atoms with Crippen LogP contribution in [0.4, 0.5) is 5.69 Å². The lowest BCUT2D eigenvalue weighted by Crippen LogP contribution is -2.49. The van der Waals surface area contributed by atoms with E-state index in [4.69, 9.17) is 22.4 Å². The highest BCUT2D eigenvalue weighted by molar-refractivity contribution is 8.01. The van der Waals surface area contributed by atoms with Crippen LogP contribution in [-0.4, -0.2) is 95.4 Å². The SMILES string of the molecule is NCCS[C@H](C(=O)NCC(=O)O)C(=O)Nc1ccc(C(=O)N2CCN(CCc3ccc(Cl)cc3)CC2)cc1. The molecule has 1 fully saturated rings. The van der Waals surface area contributed by atoms with Crippen molar-refractivity contribution < 1.29 is 24.3 Å². The summed E-state index contributed by atoms with van der Waals surface area (Å²) in [5, 5.41) is 13.2. The number of nitrogens with zero attached hydrogens (tertiary/aromatic N) is 2. The third-order valence-electron chi connectivity index (χ3n) is 5.98. The molecule has 0 unspecified atom stereocenters. The molecule has 1 aliphatic rings. The number of halogens is 1. The molecular formula is C26H32ClN5O5S. The number of anilines is 1. The minimum atomic E-state index is -1.21. The fourth-order valence-electron chi connectivity index (χ4n) is 3.91. The molecule has 3 amide bonds. The number of nitrogens with one attached hydrogen (secondary N) is 2. The van der Waals surface area contributed by atoms with Crippen molar-refractivity contribution in [2.45, 2.75) is 11.7 Å². The smallest absolute Gasteiger partial charge is 0.322 e. The van der Waals surface area contributed by atoms with Gasteiger partial charge in [0.05, 0.1) is 0 Å². The first-order valence-corrected chi connectivity index (χ1v) is 13.7. The highest BCUT2D eigenvalue weighted by atomic mass is 35.5. The zero-order chi connectivity index (χ0) is 27.5. The van der Waals surface area contributed by atoms with Crippen LogP contribution in [-0.2, 0) is 20.8 Å². The van der Waals surface area contributed by atoms with Crippen LogP contribution in [0, 0.1) is 0 Å². The van der Waals surface area contributed by atoms with Crippen molar-refractivity contribution in [3.8, 4) is 0 Å². The summed E-state index contributed by atoms with van der Waals surface area (Å²) >= 11 is 6.97. The van der Waals surface area contributed by atoms with Crippen LogP contribution in [0.2, 0.25) is 5.02 Å². The van der Waals surface area contributed by atoms with Crippen LogP contribution in [0.5, 0.6) is 0 Å². The van der Waals surface area contributed by atoms with Gasteiger partial charge in [0.15, 0.2) is 5.25 Å². The Morgan fingerprint density at radius 2 is 1.63 bits per heavy atom. The standard InChI is InChI=1S/C26H32ClN5O5S/c27-20-5-1-18(2-6-20)9-11-31-12-14-32(15-13-31)26(37)19-3-7-21(8-4-19)30-25(36)23(38-16-10-28)24(35)29-17-22(33)34/h1-8,23H,9-17,28H2,(H,29,35)(H,30,36)(H,33,34)/t23-/m1/s1. The second-order valence-corrected chi connectivity index (χ2v) is 10.4. The zero-order valence-corrected chi connectivity index (χ0v) is 22.5. The first-order chi connectivity index (χ1) is 18.3. The summed E-state index contributed by atoms with van der Waals surface area (Å²) in [7, 11) is 0. The van der Waals surface area contributed by atoms with Gasteiger partial charge in [0, 0.05) is 61.3 Å². The quantitative estimate of drug-likeness (QED) is 0.286. The molecule has 1 aliphatic heterocycles. The second kappa shape index (κ2) is 14.7. The summed E-state index contributed by atoms with van der Waals surface area (Å²) in [4.78, 5) is 52.9. The molecule has 3 rings (SSSR count). The number of rotatable bonds is 12. The molecule has 0 aromatic heterocycles. The molecule has 1 heterocycles. The van der Waals surface area contributed by atoms with Gasteiger partial charge in [-0.2, -0.15) is 0 Å². The molecule has 38 heavy (non-hydrogen) atoms. The van der Waals surface area contributed by atoms with Gasteiger partial charge in [-0.15, -0.1) is 11.8 Å². The van der Waals surface area contributed by atoms with Gasteiger partial charge in [0.1, 0.15) is 6.54 Å². The molecule has 1 saturated heterocycles. The summed E-state index contributed by atoms with van der Waals surface area (Å²) in [5.74, 6) is -2.24. The maximum Gasteiger partial charge on any atom is 0.322 e. The van der Waals surface area contributed by atoms with Crippen molar-refractivity contribution in [1.82, 2.24) is 15.1 Å². The van der Waals surface area contributed by atoms with E-state index in [9.17, 15) is 19.2 Å². The Bertz CT molecular complexity index is 1110. The number of hydrogen-bond donors (Lipinski definition) is 4. The first-order valence-electron chi connectivity index (χ1n) is 12.2. The molecular weight excluding hydrogens is 530 g/mol. The number of hydrogen-bond acceptors (Lipinski definition) is 7. The fraction of sp³-hybridized carbons (Fsp3) is 0.385. The number of piperazine rings is 1. The van der Waals surface area contributed by atoms with E-state index in [2.05, 4.69) is 15.5 Å². The van der Waals surface area contributed by atoms with Crippen molar-refractivity contribution >= 4 is 52.7 Å². The van der Waals surface area contributed by atoms with E-state index in [1.807, 2.05) is 29.2 Å². The van der Waals surface area contributed by atoms with Crippen LogP contribution in [0.25, 0.3) is 0 Å². The van der Waals surface area contributed by atoms with Crippen LogP contribution < -0.4 is 16.4 Å². The molecule has 5 N–H and O–H groups in total. The average molecular weight is 562 g/mol. The van der Waals surface area contributed by atoms with Gasteiger partial charge >= 0.3 is 5.97 Å². The Kier molecular flexibility index (Phi) is 11.4. The monoisotopic (exact) mass is 561 g/mol. The molecule has 1 atom stereocenters. The lowest BCUT2D eigenvalue weighted by Gasteiger charge is -2.34. The lowest BCUT2D eigenvalue weighted by atomic mass is 10.1. The van der Waals surface area contributed by atoms with Gasteiger partial charge in [-0.25, -0.2) is 0 Å². The van der Waals surface area contributed by atoms with E-state index in [-0.39, 0.29) is 12.5 Å². The summed E-state index contributed by atoms with van der Waals surface area (Å²) in [6.07, 6.45) is 0.922. The van der Waals surface area contributed by atoms with Crippen molar-refractivity contribution in [3.63, 3.8) is 0 Å². The van der Waals surface area contributed by atoms with E-state index in [0.717, 1.165) is 42.8 Å². The Hall–Kier alpha value is -3.12. The largest absolute Gasteiger partial charge is 0.480 e. The third kappa shape index (κ3) is 9.02. The topological polar surface area (TPSA) is 145 Å². The molecule has 0 spiro atoms. The van der Waals surface area contributed by atoms with E-state index in [0.29, 0.717) is 30.1 Å². The number of benzene rings is 2. The van der Waals surface area contributed by atoms with E-state index >= 15 is 0 Å². The summed E-state index contributed by atoms with van der Waals surface area (Å²) in [5.41, 5.74) is 7.64. The normalized spacial score (nSPS) is 14.5. The molecule has 12 heteroatoms. The molecule has 2 aromatic carbocycles. The molecule has 0 saturated carbocycles. The maximum absolute atomic E-state index is 13.0. The van der Waals surface area contributed by atoms with Gasteiger partial charge in [0.25, 0.3) is 5.91 Å². The van der Waals surface area contributed by atoms with Gasteiger partial charge in [-0.1, -0.05) is 23.7 Å². The van der Waals surface area contributed by atoms with Crippen LogP contribution in [0.1, 0.15) is 15.9 Å². The number of amides is 3. The number of carbonyl (C=O) groups excluding carboxylic acids is 3. The van der Waals surface area contributed by atoms with Gasteiger partial charge in [-0.05, 0) is 48.4 Å². The Morgan fingerprint density at radius 3 is 2.24 bits per heavy atom. The fourth-order valence-corrected chi connectivity index (χ4v) is 4.85. The van der Waals surface area contributed by atoms with E-state index in [1.165, 1.54) is 5.56 Å². The summed E-state index contributed by atoms with van der Waals surface area (Å²) in [6, 6.07) is 14.3. The van der Waals surface area contributed by atoms with E-state index in [1.54, 1.807) is 24.3 Å². The highest BCUT2D eigenvalue weighted by Gasteiger charge is 2.28. The predicted molar refractivity (Wildman–Crippen MR) is 149 cm³/mol. The van der Waals surface area contributed by atoms with Crippen LogP contribution in [0.15, 0.2) is 48.5 Å². The predicted octanol–water partition coefficient (Wildman–Crippen LogP) is 1.54. The maximum atomic E-state index is 13.0. The third-order valence-corrected chi connectivity index (χ3v) is 7.47. The van der Waals surface area contributed by atoms with Crippen molar-refractivity contribution in [1.29, 1.82) is 0 Å². The molecule has 0 radical (unpaired) electrons. The molecule has 0 bridgehead atoms. The minimum absolute atomic E-state index is 0.0790. The second-order valence-electron chi connectivity index (χ2n) is 8.73. The van der Waals surface area contributed by atoms with Crippen LogP contribution in [0.3, 0.4) is 0 Å². The van der Waals surface area contributed by atoms with Crippen molar-refractivity contribution in [2.75, 3.05) is 56.9 Å². The highest BCUT2D eigenvalue weighted by Crippen LogP contribution is 2.17. The number of thioether (sulfide) groups is 1. The number of aliphatic carboxylic acids is 1. The summed E-state index contributed by atoms with van der Waals surface area (Å²) < 4.78 is 0. The minimum Gasteiger partial charge on any atom is -0.480 e. The van der Waals surface area contributed by atoms with Crippen molar-refractivity contribution in [2.24, 2.45) is 5.73 Å². The number of carboxylic acids is 1. The summed E-state index contributed by atoms with van der Waals surface area (Å²) in [6.45, 7) is 3.43. The Labute approximate surface area is 230 Å². The zero-order valence-electron chi connectivity index (χ0n) is 20.9.